The summed E-state index contributed by atoms with van der Waals surface area (Å²) in [5, 5.41) is 13.9. The number of aliphatic imine (C=N–C) groups is 1. The molecule has 1 aromatic rings. The van der Waals surface area contributed by atoms with E-state index >= 15 is 0 Å². The fraction of sp³-hybridized carbons (Fsp3) is 0.444. The minimum Gasteiger partial charge on any atom is -0.469 e. The van der Waals surface area contributed by atoms with Crippen molar-refractivity contribution < 1.29 is 14.5 Å². The van der Waals surface area contributed by atoms with Crippen LogP contribution in [0, 0.1) is 16.0 Å². The van der Waals surface area contributed by atoms with Crippen LogP contribution in [0.3, 0.4) is 0 Å². The van der Waals surface area contributed by atoms with Crippen molar-refractivity contribution in [1.29, 1.82) is 0 Å². The third-order valence-corrected chi connectivity index (χ3v) is 4.29. The largest absolute Gasteiger partial charge is 0.469 e. The fourth-order valence-corrected chi connectivity index (χ4v) is 2.81. The Hall–Kier alpha value is -2.90. The van der Waals surface area contributed by atoms with Crippen molar-refractivity contribution in [3.05, 3.63) is 52.6 Å². The molecule has 1 saturated heterocycles. The Morgan fingerprint density at radius 1 is 1.42 bits per heavy atom. The first-order valence-electron chi connectivity index (χ1n) is 8.50. The molecule has 1 fully saturated rings. The van der Waals surface area contributed by atoms with Gasteiger partial charge in [-0.15, -0.1) is 6.58 Å². The van der Waals surface area contributed by atoms with E-state index in [-0.39, 0.29) is 17.6 Å². The van der Waals surface area contributed by atoms with Crippen LogP contribution in [0.2, 0.25) is 0 Å². The third-order valence-electron chi connectivity index (χ3n) is 4.29. The SMILES string of the molecule is C=CCNC(=NCc1ccc([N+](=O)[O-])cc1)N1CCC(C(=O)OC)CC1. The molecule has 1 aliphatic heterocycles. The van der Waals surface area contributed by atoms with E-state index in [1.54, 1.807) is 18.2 Å². The number of hydrogen-bond acceptors (Lipinski definition) is 5. The number of benzene rings is 1. The molecule has 0 unspecified atom stereocenters. The van der Waals surface area contributed by atoms with Crippen LogP contribution < -0.4 is 5.32 Å². The van der Waals surface area contributed by atoms with Crippen LogP contribution in [-0.2, 0) is 16.1 Å². The third kappa shape index (κ3) is 5.30. The van der Waals surface area contributed by atoms with E-state index in [2.05, 4.69) is 21.8 Å². The first kappa shape index (κ1) is 19.4. The molecular formula is C18H24N4O4. The molecule has 2 rings (SSSR count). The van der Waals surface area contributed by atoms with E-state index in [4.69, 9.17) is 4.74 Å². The summed E-state index contributed by atoms with van der Waals surface area (Å²) in [7, 11) is 1.41. The second-order valence-corrected chi connectivity index (χ2v) is 6.02. The molecule has 1 heterocycles. The molecule has 0 aliphatic carbocycles. The second kappa shape index (κ2) is 9.55. The molecular weight excluding hydrogens is 336 g/mol. The van der Waals surface area contributed by atoms with Crippen molar-refractivity contribution in [2.75, 3.05) is 26.7 Å². The Kier molecular flexibility index (Phi) is 7.13. The topological polar surface area (TPSA) is 97.1 Å². The smallest absolute Gasteiger partial charge is 0.308 e. The number of nitro benzene ring substituents is 1. The van der Waals surface area contributed by atoms with Crippen molar-refractivity contribution in [1.82, 2.24) is 10.2 Å². The van der Waals surface area contributed by atoms with Crippen molar-refractivity contribution in [3.8, 4) is 0 Å². The van der Waals surface area contributed by atoms with Crippen molar-refractivity contribution in [3.63, 3.8) is 0 Å². The molecule has 0 spiro atoms. The van der Waals surface area contributed by atoms with Gasteiger partial charge in [-0.2, -0.15) is 0 Å². The van der Waals surface area contributed by atoms with Crippen LogP contribution in [0.5, 0.6) is 0 Å². The van der Waals surface area contributed by atoms with E-state index in [0.717, 1.165) is 24.4 Å². The summed E-state index contributed by atoms with van der Waals surface area (Å²) in [5.41, 5.74) is 0.950. The molecule has 0 radical (unpaired) electrons. The number of carbonyl (C=O) groups excluding carboxylic acids is 1. The van der Waals surface area contributed by atoms with Crippen LogP contribution in [0.25, 0.3) is 0 Å². The Bertz CT molecular complexity index is 664. The normalized spacial score (nSPS) is 15.4. The summed E-state index contributed by atoms with van der Waals surface area (Å²) >= 11 is 0. The zero-order valence-electron chi connectivity index (χ0n) is 14.9. The van der Waals surface area contributed by atoms with Gasteiger partial charge in [-0.1, -0.05) is 18.2 Å². The minimum absolute atomic E-state index is 0.0626. The van der Waals surface area contributed by atoms with Gasteiger partial charge in [0.1, 0.15) is 0 Å². The molecule has 8 heteroatoms. The highest BCUT2D eigenvalue weighted by Gasteiger charge is 2.26. The van der Waals surface area contributed by atoms with Gasteiger partial charge in [-0.3, -0.25) is 14.9 Å². The first-order valence-corrected chi connectivity index (χ1v) is 8.50. The van der Waals surface area contributed by atoms with Crippen molar-refractivity contribution >= 4 is 17.6 Å². The number of nitrogens with one attached hydrogen (secondary N) is 1. The number of methoxy groups -OCH3 is 1. The summed E-state index contributed by atoms with van der Waals surface area (Å²) < 4.78 is 4.82. The van der Waals surface area contributed by atoms with E-state index in [9.17, 15) is 14.9 Å². The van der Waals surface area contributed by atoms with Gasteiger partial charge in [0.25, 0.3) is 5.69 Å². The molecule has 1 aliphatic rings. The van der Waals surface area contributed by atoms with Crippen molar-refractivity contribution in [2.45, 2.75) is 19.4 Å². The average molecular weight is 360 g/mol. The number of non-ortho nitro benzene ring substituents is 1. The lowest BCUT2D eigenvalue weighted by Gasteiger charge is -2.33. The van der Waals surface area contributed by atoms with Gasteiger partial charge in [-0.05, 0) is 18.4 Å². The highest BCUT2D eigenvalue weighted by molar-refractivity contribution is 5.80. The summed E-state index contributed by atoms with van der Waals surface area (Å²) in [4.78, 5) is 28.7. The van der Waals surface area contributed by atoms with Gasteiger partial charge < -0.3 is 15.0 Å². The lowest BCUT2D eigenvalue weighted by atomic mass is 9.97. The number of carbonyl (C=O) groups is 1. The molecule has 0 bridgehead atoms. The number of nitro groups is 1. The second-order valence-electron chi connectivity index (χ2n) is 6.02. The van der Waals surface area contributed by atoms with E-state index in [1.165, 1.54) is 19.2 Å². The number of nitrogens with zero attached hydrogens (tertiary/aromatic N) is 3. The molecule has 0 aromatic heterocycles. The maximum absolute atomic E-state index is 11.7. The van der Waals surface area contributed by atoms with Crippen LogP contribution in [-0.4, -0.2) is 48.5 Å². The molecule has 0 saturated carbocycles. The zero-order chi connectivity index (χ0) is 18.9. The predicted molar refractivity (Wildman–Crippen MR) is 98.7 cm³/mol. The van der Waals surface area contributed by atoms with Gasteiger partial charge in [-0.25, -0.2) is 4.99 Å². The van der Waals surface area contributed by atoms with Gasteiger partial charge in [0, 0.05) is 31.8 Å². The number of hydrogen-bond donors (Lipinski definition) is 1. The minimum atomic E-state index is -0.421. The lowest BCUT2D eigenvalue weighted by molar-refractivity contribution is -0.384. The van der Waals surface area contributed by atoms with Gasteiger partial charge >= 0.3 is 5.97 Å². The summed E-state index contributed by atoms with van der Waals surface area (Å²) in [6.45, 7) is 6.12. The Labute approximate surface area is 152 Å². The maximum atomic E-state index is 11.7. The number of piperidine rings is 1. The summed E-state index contributed by atoms with van der Waals surface area (Å²) in [5.74, 6) is 0.520. The Balaban J connectivity index is 2.02. The highest BCUT2D eigenvalue weighted by Crippen LogP contribution is 2.19. The van der Waals surface area contributed by atoms with Gasteiger partial charge in [0.15, 0.2) is 5.96 Å². The van der Waals surface area contributed by atoms with Gasteiger partial charge in [0.05, 0.1) is 24.5 Å². The zero-order valence-corrected chi connectivity index (χ0v) is 14.9. The fourth-order valence-electron chi connectivity index (χ4n) is 2.81. The summed E-state index contributed by atoms with van der Waals surface area (Å²) in [6, 6.07) is 6.36. The quantitative estimate of drug-likeness (QED) is 0.208. The molecule has 140 valence electrons. The lowest BCUT2D eigenvalue weighted by Crippen LogP contribution is -2.46. The molecule has 0 atom stereocenters. The average Bonchev–Trinajstić information content (AvgIpc) is 2.68. The molecule has 0 amide bonds. The molecule has 8 nitrogen and oxygen atoms in total. The van der Waals surface area contributed by atoms with Gasteiger partial charge in [0.2, 0.25) is 0 Å². The maximum Gasteiger partial charge on any atom is 0.308 e. The van der Waals surface area contributed by atoms with E-state index in [0.29, 0.717) is 26.2 Å². The van der Waals surface area contributed by atoms with Crippen LogP contribution in [0.15, 0.2) is 41.9 Å². The summed E-state index contributed by atoms with van der Waals surface area (Å²) in [6.07, 6.45) is 3.20. The van der Waals surface area contributed by atoms with Crippen LogP contribution >= 0.6 is 0 Å². The number of likely N-dealkylation sites (tertiary alicyclic amines) is 1. The standard InChI is InChI=1S/C18H24N4O4/c1-3-10-19-18(21-11-8-15(9-12-21)17(23)26-2)20-13-14-4-6-16(7-5-14)22(24)25/h3-7,15H,1,8-13H2,2H3,(H,19,20). The Morgan fingerprint density at radius 3 is 2.62 bits per heavy atom. The van der Waals surface area contributed by atoms with Crippen LogP contribution in [0.1, 0.15) is 18.4 Å². The van der Waals surface area contributed by atoms with E-state index in [1.807, 2.05) is 0 Å². The van der Waals surface area contributed by atoms with Crippen LogP contribution in [0.4, 0.5) is 5.69 Å². The number of esters is 1. The molecule has 1 N–H and O–H groups in total. The Morgan fingerprint density at radius 2 is 2.08 bits per heavy atom. The van der Waals surface area contributed by atoms with E-state index < -0.39 is 4.92 Å². The monoisotopic (exact) mass is 360 g/mol. The molecule has 26 heavy (non-hydrogen) atoms. The number of rotatable bonds is 6. The molecule has 1 aromatic carbocycles. The first-order chi connectivity index (χ1) is 12.5. The highest BCUT2D eigenvalue weighted by atomic mass is 16.6. The number of ether oxygens (including phenoxy) is 1. The predicted octanol–water partition coefficient (Wildman–Crippen LogP) is 2.11. The van der Waals surface area contributed by atoms with Crippen molar-refractivity contribution in [2.24, 2.45) is 10.9 Å². The number of guanidine groups is 1.